The monoisotopic (exact) mass is 574 g/mol. The fraction of sp³-hybridized carbons (Fsp3) is 0.308. The minimum Gasteiger partial charge on any atom is -0.493 e. The van der Waals surface area contributed by atoms with Gasteiger partial charge in [0.1, 0.15) is 11.5 Å². The molecule has 1 saturated carbocycles. The van der Waals surface area contributed by atoms with Crippen LogP contribution < -0.4 is 20.7 Å². The lowest BCUT2D eigenvalue weighted by Gasteiger charge is -2.15. The first-order chi connectivity index (χ1) is 16.2. The van der Waals surface area contributed by atoms with Gasteiger partial charge in [-0.2, -0.15) is 0 Å². The predicted octanol–water partition coefficient (Wildman–Crippen LogP) is 4.48. The summed E-state index contributed by atoms with van der Waals surface area (Å²) in [6.45, 7) is 2.29. The van der Waals surface area contributed by atoms with E-state index in [9.17, 15) is 4.79 Å². The molecule has 1 aliphatic carbocycles. The van der Waals surface area contributed by atoms with Gasteiger partial charge in [-0.25, -0.2) is 0 Å². The summed E-state index contributed by atoms with van der Waals surface area (Å²) >= 11 is 0. The zero-order valence-electron chi connectivity index (χ0n) is 19.3. The van der Waals surface area contributed by atoms with Crippen molar-refractivity contribution in [3.05, 3.63) is 89.4 Å². The lowest BCUT2D eigenvalue weighted by Crippen LogP contribution is -2.36. The van der Waals surface area contributed by atoms with Crippen LogP contribution in [0, 0.1) is 5.92 Å². The molecule has 0 aliphatic heterocycles. The minimum atomic E-state index is -0.140. The molecule has 1 amide bonds. The third kappa shape index (κ3) is 7.79. The highest BCUT2D eigenvalue weighted by atomic mass is 127. The van der Waals surface area contributed by atoms with Crippen LogP contribution in [-0.2, 0) is 19.6 Å². The number of carbonyl (C=O) groups is 1. The van der Waals surface area contributed by atoms with E-state index < -0.39 is 0 Å². The lowest BCUT2D eigenvalue weighted by atomic mass is 10.1. The number of amides is 1. The van der Waals surface area contributed by atoms with E-state index in [1.54, 1.807) is 25.4 Å². The summed E-state index contributed by atoms with van der Waals surface area (Å²) in [6, 6.07) is 19.2. The van der Waals surface area contributed by atoms with Gasteiger partial charge in [0.15, 0.2) is 5.96 Å². The van der Waals surface area contributed by atoms with E-state index in [2.05, 4.69) is 27.0 Å². The number of rotatable bonds is 10. The summed E-state index contributed by atoms with van der Waals surface area (Å²) in [7, 11) is 1.74. The van der Waals surface area contributed by atoms with Crippen molar-refractivity contribution in [2.75, 3.05) is 13.7 Å². The molecule has 1 aliphatic rings. The zero-order valence-corrected chi connectivity index (χ0v) is 21.6. The highest BCUT2D eigenvalue weighted by molar-refractivity contribution is 14.0. The summed E-state index contributed by atoms with van der Waals surface area (Å²) < 4.78 is 11.2. The molecule has 4 rings (SSSR count). The van der Waals surface area contributed by atoms with Crippen molar-refractivity contribution in [2.24, 2.45) is 10.9 Å². The van der Waals surface area contributed by atoms with Crippen LogP contribution in [0.1, 0.15) is 40.1 Å². The van der Waals surface area contributed by atoms with Crippen LogP contribution >= 0.6 is 24.0 Å². The van der Waals surface area contributed by atoms with Gasteiger partial charge >= 0.3 is 0 Å². The molecule has 180 valence electrons. The van der Waals surface area contributed by atoms with Crippen molar-refractivity contribution < 1.29 is 13.9 Å². The maximum atomic E-state index is 12.5. The normalized spacial score (nSPS) is 13.0. The number of hydrogen-bond donors (Lipinski definition) is 3. The van der Waals surface area contributed by atoms with E-state index in [0.717, 1.165) is 29.2 Å². The van der Waals surface area contributed by atoms with Gasteiger partial charge in [-0.05, 0) is 54.7 Å². The second kappa shape index (κ2) is 13.0. The Labute approximate surface area is 217 Å². The fourth-order valence-corrected chi connectivity index (χ4v) is 3.37. The van der Waals surface area contributed by atoms with E-state index >= 15 is 0 Å². The minimum absolute atomic E-state index is 0. The van der Waals surface area contributed by atoms with E-state index in [0.29, 0.717) is 37.1 Å². The molecule has 0 saturated heterocycles. The van der Waals surface area contributed by atoms with Crippen molar-refractivity contribution in [1.82, 2.24) is 16.0 Å². The molecule has 1 fully saturated rings. The zero-order chi connectivity index (χ0) is 22.9. The van der Waals surface area contributed by atoms with Gasteiger partial charge in [-0.1, -0.05) is 30.3 Å². The highest BCUT2D eigenvalue weighted by Crippen LogP contribution is 2.30. The molecule has 0 bridgehead atoms. The third-order valence-electron chi connectivity index (χ3n) is 5.47. The second-order valence-corrected chi connectivity index (χ2v) is 8.10. The molecule has 7 nitrogen and oxygen atoms in total. The van der Waals surface area contributed by atoms with E-state index in [1.165, 1.54) is 12.8 Å². The van der Waals surface area contributed by atoms with Crippen molar-refractivity contribution in [3.8, 4) is 5.75 Å². The smallest absolute Gasteiger partial charge is 0.251 e. The summed E-state index contributed by atoms with van der Waals surface area (Å²) in [4.78, 5) is 16.8. The number of benzene rings is 2. The van der Waals surface area contributed by atoms with E-state index in [1.807, 2.05) is 42.5 Å². The van der Waals surface area contributed by atoms with Gasteiger partial charge in [-0.3, -0.25) is 9.79 Å². The molecule has 34 heavy (non-hydrogen) atoms. The van der Waals surface area contributed by atoms with Gasteiger partial charge in [-0.15, -0.1) is 24.0 Å². The average molecular weight is 574 g/mol. The Morgan fingerprint density at radius 3 is 2.59 bits per heavy atom. The van der Waals surface area contributed by atoms with Gasteiger partial charge in [0, 0.05) is 31.3 Å². The van der Waals surface area contributed by atoms with Crippen LogP contribution in [0.2, 0.25) is 0 Å². The molecule has 3 N–H and O–H groups in total. The molecular formula is C26H31IN4O3. The molecule has 0 unspecified atom stereocenters. The van der Waals surface area contributed by atoms with E-state index in [-0.39, 0.29) is 29.9 Å². The first kappa shape index (κ1) is 25.6. The Hall–Kier alpha value is -3.01. The maximum Gasteiger partial charge on any atom is 0.251 e. The van der Waals surface area contributed by atoms with E-state index in [4.69, 9.17) is 9.15 Å². The Morgan fingerprint density at radius 2 is 1.82 bits per heavy atom. The molecule has 1 aromatic heterocycles. The number of nitrogens with zero attached hydrogens (tertiary/aromatic N) is 1. The molecule has 1 heterocycles. The maximum absolute atomic E-state index is 12.5. The number of nitrogens with one attached hydrogen (secondary N) is 3. The van der Waals surface area contributed by atoms with Crippen LogP contribution in [0.4, 0.5) is 0 Å². The molecule has 0 spiro atoms. The SMILES string of the molecule is CN=C(NCc1cccc(C(=O)NCc2ccco2)c1)NCc1ccccc1OCC1CC1.I. The number of ether oxygens (including phenoxy) is 1. The molecular weight excluding hydrogens is 543 g/mol. The van der Waals surface area contributed by atoms with Gasteiger partial charge in [0.25, 0.3) is 5.91 Å². The number of para-hydroxylation sites is 1. The largest absolute Gasteiger partial charge is 0.493 e. The van der Waals surface area contributed by atoms with Crippen LogP contribution in [-0.4, -0.2) is 25.5 Å². The quantitative estimate of drug-likeness (QED) is 0.189. The second-order valence-electron chi connectivity index (χ2n) is 8.10. The standard InChI is InChI=1S/C26H30N4O3.HI/c1-27-26(30-16-22-7-2-3-10-24(22)33-18-19-11-12-19)29-15-20-6-4-8-21(14-20)25(31)28-17-23-9-5-13-32-23;/h2-10,13-14,19H,11-12,15-18H2,1H3,(H,28,31)(H2,27,29,30);1H. The Morgan fingerprint density at radius 1 is 1.00 bits per heavy atom. The highest BCUT2D eigenvalue weighted by Gasteiger charge is 2.22. The lowest BCUT2D eigenvalue weighted by molar-refractivity contribution is 0.0948. The summed E-state index contributed by atoms with van der Waals surface area (Å²) in [6.07, 6.45) is 4.13. The topological polar surface area (TPSA) is 87.9 Å². The van der Waals surface area contributed by atoms with Gasteiger partial charge in [0.2, 0.25) is 0 Å². The van der Waals surface area contributed by atoms with Crippen LogP contribution in [0.3, 0.4) is 0 Å². The predicted molar refractivity (Wildman–Crippen MR) is 143 cm³/mol. The van der Waals surface area contributed by atoms with Crippen molar-refractivity contribution in [1.29, 1.82) is 0 Å². The Kier molecular flexibility index (Phi) is 9.81. The number of aliphatic imine (C=N–C) groups is 1. The number of hydrogen-bond acceptors (Lipinski definition) is 4. The number of guanidine groups is 1. The molecule has 0 radical (unpaired) electrons. The van der Waals surface area contributed by atoms with Crippen LogP contribution in [0.5, 0.6) is 5.75 Å². The fourth-order valence-electron chi connectivity index (χ4n) is 3.37. The molecule has 2 aromatic carbocycles. The van der Waals surface area contributed by atoms with Crippen molar-refractivity contribution in [3.63, 3.8) is 0 Å². The summed E-state index contributed by atoms with van der Waals surface area (Å²) in [5, 5.41) is 9.52. The Bertz CT molecular complexity index is 1080. The number of furan rings is 1. The first-order valence-corrected chi connectivity index (χ1v) is 11.3. The Balaban J connectivity index is 0.00000324. The molecule has 3 aromatic rings. The molecule has 8 heteroatoms. The average Bonchev–Trinajstić information content (AvgIpc) is 3.54. The van der Waals surface area contributed by atoms with Gasteiger partial charge in [0.05, 0.1) is 19.4 Å². The van der Waals surface area contributed by atoms with Crippen LogP contribution in [0.15, 0.2) is 76.3 Å². The number of carbonyl (C=O) groups excluding carboxylic acids is 1. The third-order valence-corrected chi connectivity index (χ3v) is 5.47. The number of halogens is 1. The van der Waals surface area contributed by atoms with Crippen molar-refractivity contribution in [2.45, 2.75) is 32.5 Å². The van der Waals surface area contributed by atoms with Gasteiger partial charge < -0.3 is 25.1 Å². The summed E-state index contributed by atoms with van der Waals surface area (Å²) in [5.74, 6) is 2.89. The first-order valence-electron chi connectivity index (χ1n) is 11.3. The van der Waals surface area contributed by atoms with Crippen molar-refractivity contribution >= 4 is 35.8 Å². The summed E-state index contributed by atoms with van der Waals surface area (Å²) in [5.41, 5.74) is 2.68. The molecule has 0 atom stereocenters. The van der Waals surface area contributed by atoms with Crippen LogP contribution in [0.25, 0.3) is 0 Å².